The van der Waals surface area contributed by atoms with Crippen LogP contribution in [-0.2, 0) is 7.05 Å². The summed E-state index contributed by atoms with van der Waals surface area (Å²) in [5, 5.41) is 3.97. The van der Waals surface area contributed by atoms with Crippen molar-refractivity contribution in [1.29, 1.82) is 0 Å². The van der Waals surface area contributed by atoms with Crippen molar-refractivity contribution in [2.45, 2.75) is 6.92 Å². The monoisotopic (exact) mass is 310 g/mol. The van der Waals surface area contributed by atoms with E-state index < -0.39 is 0 Å². The fourth-order valence-corrected chi connectivity index (χ4v) is 3.96. The van der Waals surface area contributed by atoms with Crippen molar-refractivity contribution in [1.82, 2.24) is 9.13 Å². The minimum atomic E-state index is 1.25. The third kappa shape index (κ3) is 1.60. The zero-order chi connectivity index (χ0) is 16.3. The molecule has 0 saturated carbocycles. The molecule has 5 rings (SSSR count). The van der Waals surface area contributed by atoms with Crippen LogP contribution in [0.25, 0.3) is 38.5 Å². The summed E-state index contributed by atoms with van der Waals surface area (Å²) < 4.78 is 4.72. The van der Waals surface area contributed by atoms with E-state index in [0.29, 0.717) is 0 Å². The molecule has 0 aliphatic heterocycles. The van der Waals surface area contributed by atoms with Gasteiger partial charge in [0.15, 0.2) is 0 Å². The van der Waals surface area contributed by atoms with Gasteiger partial charge in [-0.2, -0.15) is 0 Å². The van der Waals surface area contributed by atoms with Gasteiger partial charge in [0.2, 0.25) is 0 Å². The minimum Gasteiger partial charge on any atom is -0.329 e. The van der Waals surface area contributed by atoms with E-state index in [1.165, 1.54) is 44.1 Å². The number of nitrogens with zero attached hydrogens (tertiary/aromatic N) is 2. The molecule has 0 bridgehead atoms. The van der Waals surface area contributed by atoms with Crippen molar-refractivity contribution < 1.29 is 0 Å². The molecular weight excluding hydrogens is 292 g/mol. The number of para-hydroxylation sites is 3. The first-order valence-corrected chi connectivity index (χ1v) is 8.30. The lowest BCUT2D eigenvalue weighted by atomic mass is 10.1. The number of rotatable bonds is 1. The molecule has 2 heteroatoms. The zero-order valence-electron chi connectivity index (χ0n) is 13.8. The summed E-state index contributed by atoms with van der Waals surface area (Å²) in [6.45, 7) is 2.18. The van der Waals surface area contributed by atoms with Crippen molar-refractivity contribution in [3.05, 3.63) is 78.4 Å². The molecule has 2 heterocycles. The molecule has 0 amide bonds. The Balaban J connectivity index is 2.11. The first-order valence-electron chi connectivity index (χ1n) is 8.30. The fourth-order valence-electron chi connectivity index (χ4n) is 3.96. The van der Waals surface area contributed by atoms with Gasteiger partial charge in [0.05, 0.1) is 16.7 Å². The first-order chi connectivity index (χ1) is 11.8. The summed E-state index contributed by atoms with van der Waals surface area (Å²) in [4.78, 5) is 0. The van der Waals surface area contributed by atoms with Crippen LogP contribution in [0.4, 0.5) is 0 Å². The summed E-state index contributed by atoms with van der Waals surface area (Å²) >= 11 is 0. The summed E-state index contributed by atoms with van der Waals surface area (Å²) in [6.07, 6.45) is 0. The van der Waals surface area contributed by atoms with Crippen molar-refractivity contribution in [2.24, 2.45) is 7.05 Å². The van der Waals surface area contributed by atoms with Crippen LogP contribution in [0.3, 0.4) is 0 Å². The second-order valence-corrected chi connectivity index (χ2v) is 6.41. The molecule has 3 aromatic carbocycles. The van der Waals surface area contributed by atoms with Gasteiger partial charge in [0, 0.05) is 23.2 Å². The van der Waals surface area contributed by atoms with Crippen LogP contribution >= 0.6 is 0 Å². The number of hydrogen-bond acceptors (Lipinski definition) is 0. The Kier molecular flexibility index (Phi) is 2.66. The van der Waals surface area contributed by atoms with E-state index in [1.807, 2.05) is 0 Å². The molecule has 0 spiro atoms. The third-order valence-corrected chi connectivity index (χ3v) is 5.06. The van der Waals surface area contributed by atoms with Crippen LogP contribution in [-0.4, -0.2) is 9.13 Å². The summed E-state index contributed by atoms with van der Waals surface area (Å²) in [6, 6.07) is 26.0. The van der Waals surface area contributed by atoms with Crippen molar-refractivity contribution >= 4 is 32.8 Å². The van der Waals surface area contributed by atoms with E-state index in [9.17, 15) is 0 Å². The lowest BCUT2D eigenvalue weighted by Crippen LogP contribution is -2.00. The van der Waals surface area contributed by atoms with Gasteiger partial charge in [-0.1, -0.05) is 54.6 Å². The van der Waals surface area contributed by atoms with Gasteiger partial charge in [0.25, 0.3) is 0 Å². The van der Waals surface area contributed by atoms with Gasteiger partial charge >= 0.3 is 0 Å². The van der Waals surface area contributed by atoms with Crippen LogP contribution in [0.2, 0.25) is 0 Å². The Morgan fingerprint density at radius 3 is 2.00 bits per heavy atom. The fraction of sp³-hybridized carbons (Fsp3) is 0.0909. The quantitative estimate of drug-likeness (QED) is 0.382. The first kappa shape index (κ1) is 13.4. The number of aryl methyl sites for hydroxylation is 2. The summed E-state index contributed by atoms with van der Waals surface area (Å²) in [5.41, 5.74) is 6.32. The molecule has 0 atom stereocenters. The Morgan fingerprint density at radius 2 is 1.25 bits per heavy atom. The van der Waals surface area contributed by atoms with Crippen LogP contribution < -0.4 is 0 Å². The van der Waals surface area contributed by atoms with Crippen LogP contribution in [0, 0.1) is 6.92 Å². The number of aromatic nitrogens is 2. The molecule has 0 fully saturated rings. The highest BCUT2D eigenvalue weighted by Gasteiger charge is 2.19. The molecule has 2 nitrogen and oxygen atoms in total. The average molecular weight is 310 g/mol. The van der Waals surface area contributed by atoms with Gasteiger partial charge in [-0.15, -0.1) is 0 Å². The number of hydrogen-bond donors (Lipinski definition) is 0. The highest BCUT2D eigenvalue weighted by atomic mass is 15.1. The molecule has 116 valence electrons. The maximum absolute atomic E-state index is 2.40. The molecule has 0 unspecified atom stereocenters. The van der Waals surface area contributed by atoms with Crippen LogP contribution in [0.1, 0.15) is 5.56 Å². The Hall–Kier alpha value is -3.00. The van der Waals surface area contributed by atoms with E-state index in [1.54, 1.807) is 0 Å². The smallest absolute Gasteiger partial charge is 0.126 e. The van der Waals surface area contributed by atoms with E-state index in [0.717, 1.165) is 0 Å². The predicted octanol–water partition coefficient (Wildman–Crippen LogP) is 5.58. The largest absolute Gasteiger partial charge is 0.329 e. The van der Waals surface area contributed by atoms with Crippen molar-refractivity contribution in [3.63, 3.8) is 0 Å². The van der Waals surface area contributed by atoms with Gasteiger partial charge in [0.1, 0.15) is 5.65 Å². The number of fused-ring (bicyclic) bond motifs is 5. The molecule has 2 aromatic heterocycles. The molecule has 0 saturated heterocycles. The highest BCUT2D eigenvalue weighted by Crippen LogP contribution is 2.38. The van der Waals surface area contributed by atoms with Gasteiger partial charge in [-0.3, -0.25) is 4.57 Å². The molecule has 0 aliphatic carbocycles. The predicted molar refractivity (Wildman–Crippen MR) is 102 cm³/mol. The molecular formula is C22H18N2. The van der Waals surface area contributed by atoms with Crippen LogP contribution in [0.5, 0.6) is 0 Å². The summed E-state index contributed by atoms with van der Waals surface area (Å²) in [5.74, 6) is 0. The molecule has 24 heavy (non-hydrogen) atoms. The molecule has 0 radical (unpaired) electrons. The minimum absolute atomic E-state index is 1.25. The zero-order valence-corrected chi connectivity index (χ0v) is 13.8. The Labute approximate surface area is 140 Å². The summed E-state index contributed by atoms with van der Waals surface area (Å²) in [7, 11) is 2.16. The molecule has 5 aromatic rings. The van der Waals surface area contributed by atoms with E-state index >= 15 is 0 Å². The Bertz CT molecular complexity index is 1220. The maximum Gasteiger partial charge on any atom is 0.126 e. The van der Waals surface area contributed by atoms with Gasteiger partial charge in [-0.25, -0.2) is 0 Å². The number of benzene rings is 3. The topological polar surface area (TPSA) is 9.86 Å². The second-order valence-electron chi connectivity index (χ2n) is 6.41. The van der Waals surface area contributed by atoms with Crippen LogP contribution in [0.15, 0.2) is 72.8 Å². The van der Waals surface area contributed by atoms with E-state index in [4.69, 9.17) is 0 Å². The average Bonchev–Trinajstić information content (AvgIpc) is 3.10. The van der Waals surface area contributed by atoms with E-state index in [-0.39, 0.29) is 0 Å². The second kappa shape index (κ2) is 4.75. The normalized spacial score (nSPS) is 11.8. The van der Waals surface area contributed by atoms with Gasteiger partial charge in [-0.05, 0) is 30.7 Å². The Morgan fingerprint density at radius 1 is 0.667 bits per heavy atom. The molecule has 0 aliphatic rings. The van der Waals surface area contributed by atoms with E-state index in [2.05, 4.69) is 95.9 Å². The lowest BCUT2D eigenvalue weighted by molar-refractivity contribution is 0.959. The third-order valence-electron chi connectivity index (χ3n) is 5.06. The molecule has 0 N–H and O–H groups in total. The standard InChI is InChI=1S/C22H18N2/c1-15-9-3-6-12-18(15)24-20-14-8-5-11-17(20)21-16-10-4-7-13-19(16)23(2)22(21)24/h3-14H,1-2H3. The van der Waals surface area contributed by atoms with Gasteiger partial charge < -0.3 is 4.57 Å². The van der Waals surface area contributed by atoms with Crippen molar-refractivity contribution in [2.75, 3.05) is 0 Å². The van der Waals surface area contributed by atoms with Crippen molar-refractivity contribution in [3.8, 4) is 5.69 Å². The highest BCUT2D eigenvalue weighted by molar-refractivity contribution is 6.21. The lowest BCUT2D eigenvalue weighted by Gasteiger charge is -2.12. The SMILES string of the molecule is Cc1ccccc1-n1c2ccccc2c2c3ccccc3n(C)c21. The maximum atomic E-state index is 2.40.